The summed E-state index contributed by atoms with van der Waals surface area (Å²) < 4.78 is 0. The van der Waals surface area contributed by atoms with Gasteiger partial charge in [0, 0.05) is 28.0 Å². The van der Waals surface area contributed by atoms with Crippen molar-refractivity contribution in [1.82, 2.24) is 5.32 Å². The first-order valence-electron chi connectivity index (χ1n) is 7.76. The van der Waals surface area contributed by atoms with Gasteiger partial charge in [0.1, 0.15) is 0 Å². The Bertz CT molecular complexity index is 408. The van der Waals surface area contributed by atoms with Crippen LogP contribution in [-0.2, 0) is 6.42 Å². The van der Waals surface area contributed by atoms with Crippen molar-refractivity contribution >= 4 is 23.5 Å². The minimum absolute atomic E-state index is 0.601. The van der Waals surface area contributed by atoms with Gasteiger partial charge >= 0.3 is 0 Å². The van der Waals surface area contributed by atoms with Crippen LogP contribution in [0.3, 0.4) is 0 Å². The fourth-order valence-electron chi connectivity index (χ4n) is 2.97. The summed E-state index contributed by atoms with van der Waals surface area (Å²) in [6.45, 7) is 7.82. The largest absolute Gasteiger partial charge is 0.313 e. The maximum absolute atomic E-state index is 3.75. The first-order valence-corrected chi connectivity index (χ1v) is 9.86. The van der Waals surface area contributed by atoms with Crippen molar-refractivity contribution in [2.45, 2.75) is 50.2 Å². The van der Waals surface area contributed by atoms with E-state index in [4.69, 9.17) is 0 Å². The Morgan fingerprint density at radius 1 is 1.25 bits per heavy atom. The van der Waals surface area contributed by atoms with Gasteiger partial charge in [0.05, 0.1) is 0 Å². The second-order valence-corrected chi connectivity index (χ2v) is 8.14. The van der Waals surface area contributed by atoms with E-state index in [0.29, 0.717) is 6.04 Å². The molecule has 0 aromatic heterocycles. The summed E-state index contributed by atoms with van der Waals surface area (Å²) in [5.74, 6) is 2.63. The number of likely N-dealkylation sites (N-methyl/N-ethyl adjacent to an activating group) is 1. The molecule has 1 aliphatic rings. The van der Waals surface area contributed by atoms with Crippen LogP contribution in [0.25, 0.3) is 0 Å². The monoisotopic (exact) mass is 309 g/mol. The van der Waals surface area contributed by atoms with Crippen LogP contribution in [-0.4, -0.2) is 34.6 Å². The molecule has 0 radical (unpaired) electrons. The predicted octanol–water partition coefficient (Wildman–Crippen LogP) is 4.14. The molecule has 3 unspecified atom stereocenters. The standard InChI is InChI=1S/C17H27NS2/c1-4-16-17(20-10-9-19-16)15(18-5-2)12-14-8-6-7-13(3)11-14/h6-8,11,15-18H,4-5,9-10,12H2,1-3H3. The minimum atomic E-state index is 0.601. The molecule has 112 valence electrons. The van der Waals surface area contributed by atoms with Crippen LogP contribution in [0.5, 0.6) is 0 Å². The van der Waals surface area contributed by atoms with Crippen LogP contribution in [0.1, 0.15) is 31.4 Å². The van der Waals surface area contributed by atoms with Crippen LogP contribution < -0.4 is 5.32 Å². The molecule has 1 aromatic carbocycles. The lowest BCUT2D eigenvalue weighted by molar-refractivity contribution is 0.490. The molecule has 20 heavy (non-hydrogen) atoms. The van der Waals surface area contributed by atoms with Crippen molar-refractivity contribution in [1.29, 1.82) is 0 Å². The molecule has 1 aliphatic heterocycles. The molecule has 1 aromatic rings. The fraction of sp³-hybridized carbons (Fsp3) is 0.647. The van der Waals surface area contributed by atoms with Gasteiger partial charge in [0.15, 0.2) is 0 Å². The van der Waals surface area contributed by atoms with Gasteiger partial charge in [-0.15, -0.1) is 0 Å². The fourth-order valence-corrected chi connectivity index (χ4v) is 6.23. The van der Waals surface area contributed by atoms with E-state index in [1.165, 1.54) is 29.1 Å². The number of nitrogens with one attached hydrogen (secondary N) is 1. The van der Waals surface area contributed by atoms with E-state index >= 15 is 0 Å². The Balaban J connectivity index is 2.09. The van der Waals surface area contributed by atoms with E-state index in [1.807, 2.05) is 0 Å². The molecule has 1 saturated heterocycles. The van der Waals surface area contributed by atoms with Gasteiger partial charge in [-0.05, 0) is 31.9 Å². The normalized spacial score (nSPS) is 24.6. The van der Waals surface area contributed by atoms with Crippen LogP contribution >= 0.6 is 23.5 Å². The molecule has 3 heteroatoms. The second kappa shape index (κ2) is 8.35. The van der Waals surface area contributed by atoms with Crippen molar-refractivity contribution in [3.8, 4) is 0 Å². The third-order valence-electron chi connectivity index (χ3n) is 3.90. The first-order chi connectivity index (χ1) is 9.74. The molecular weight excluding hydrogens is 282 g/mol. The average molecular weight is 310 g/mol. The number of thioether (sulfide) groups is 2. The lowest BCUT2D eigenvalue weighted by Gasteiger charge is -2.36. The second-order valence-electron chi connectivity index (χ2n) is 5.51. The van der Waals surface area contributed by atoms with E-state index < -0.39 is 0 Å². The molecule has 1 N–H and O–H groups in total. The van der Waals surface area contributed by atoms with Crippen LogP contribution in [0.15, 0.2) is 24.3 Å². The van der Waals surface area contributed by atoms with Gasteiger partial charge in [-0.2, -0.15) is 23.5 Å². The lowest BCUT2D eigenvalue weighted by atomic mass is 9.99. The highest BCUT2D eigenvalue weighted by atomic mass is 32.2. The highest BCUT2D eigenvalue weighted by molar-refractivity contribution is 8.07. The summed E-state index contributed by atoms with van der Waals surface area (Å²) in [7, 11) is 0. The molecule has 0 amide bonds. The summed E-state index contributed by atoms with van der Waals surface area (Å²) >= 11 is 4.36. The third kappa shape index (κ3) is 4.44. The smallest absolute Gasteiger partial charge is 0.0323 e. The molecule has 1 nitrogen and oxygen atoms in total. The topological polar surface area (TPSA) is 12.0 Å². The van der Waals surface area contributed by atoms with Crippen molar-refractivity contribution in [3.63, 3.8) is 0 Å². The maximum atomic E-state index is 3.75. The maximum Gasteiger partial charge on any atom is 0.0323 e. The lowest BCUT2D eigenvalue weighted by Crippen LogP contribution is -2.46. The Morgan fingerprint density at radius 2 is 2.05 bits per heavy atom. The molecule has 3 atom stereocenters. The van der Waals surface area contributed by atoms with Gasteiger partial charge in [-0.3, -0.25) is 0 Å². The molecule has 0 aliphatic carbocycles. The summed E-state index contributed by atoms with van der Waals surface area (Å²) in [6.07, 6.45) is 2.45. The van der Waals surface area contributed by atoms with Gasteiger partial charge < -0.3 is 5.32 Å². The average Bonchev–Trinajstić information content (AvgIpc) is 2.47. The minimum Gasteiger partial charge on any atom is -0.313 e. The number of aryl methyl sites for hydroxylation is 1. The molecule has 1 heterocycles. The van der Waals surface area contributed by atoms with E-state index in [0.717, 1.165) is 23.5 Å². The summed E-state index contributed by atoms with van der Waals surface area (Å²) in [6, 6.07) is 9.59. The van der Waals surface area contributed by atoms with Gasteiger partial charge in [-0.1, -0.05) is 43.7 Å². The Kier molecular flexibility index (Phi) is 6.79. The number of rotatable bonds is 6. The molecular formula is C17H27NS2. The van der Waals surface area contributed by atoms with Crippen molar-refractivity contribution < 1.29 is 0 Å². The number of benzene rings is 1. The highest BCUT2D eigenvalue weighted by Crippen LogP contribution is 2.36. The molecule has 2 rings (SSSR count). The van der Waals surface area contributed by atoms with Gasteiger partial charge in [-0.25, -0.2) is 0 Å². The van der Waals surface area contributed by atoms with Crippen molar-refractivity contribution in [3.05, 3.63) is 35.4 Å². The van der Waals surface area contributed by atoms with E-state index in [2.05, 4.69) is 73.9 Å². The number of hydrogen-bond donors (Lipinski definition) is 1. The zero-order valence-corrected chi connectivity index (χ0v) is 14.5. The van der Waals surface area contributed by atoms with Gasteiger partial charge in [0.2, 0.25) is 0 Å². The van der Waals surface area contributed by atoms with Gasteiger partial charge in [0.25, 0.3) is 0 Å². The number of hydrogen-bond acceptors (Lipinski definition) is 3. The first kappa shape index (κ1) is 16.3. The SMILES string of the molecule is CCNC(Cc1cccc(C)c1)C1SCCSC1CC. The zero-order valence-electron chi connectivity index (χ0n) is 12.9. The summed E-state index contributed by atoms with van der Waals surface area (Å²) in [5.41, 5.74) is 2.84. The Morgan fingerprint density at radius 3 is 2.75 bits per heavy atom. The summed E-state index contributed by atoms with van der Waals surface area (Å²) in [5, 5.41) is 5.31. The molecule has 1 fully saturated rings. The van der Waals surface area contributed by atoms with Crippen LogP contribution in [0.2, 0.25) is 0 Å². The van der Waals surface area contributed by atoms with Crippen molar-refractivity contribution in [2.75, 3.05) is 18.1 Å². The van der Waals surface area contributed by atoms with E-state index in [-0.39, 0.29) is 0 Å². The summed E-state index contributed by atoms with van der Waals surface area (Å²) in [4.78, 5) is 0. The zero-order chi connectivity index (χ0) is 14.4. The van der Waals surface area contributed by atoms with E-state index in [1.54, 1.807) is 0 Å². The van der Waals surface area contributed by atoms with Crippen molar-refractivity contribution in [2.24, 2.45) is 0 Å². The third-order valence-corrected chi connectivity index (χ3v) is 7.30. The molecule has 0 bridgehead atoms. The highest BCUT2D eigenvalue weighted by Gasteiger charge is 2.31. The molecule has 0 spiro atoms. The quantitative estimate of drug-likeness (QED) is 0.848. The van der Waals surface area contributed by atoms with Crippen LogP contribution in [0, 0.1) is 6.92 Å². The Labute approximate surface area is 132 Å². The van der Waals surface area contributed by atoms with Crippen LogP contribution in [0.4, 0.5) is 0 Å². The van der Waals surface area contributed by atoms with E-state index in [9.17, 15) is 0 Å². The Hall–Kier alpha value is -0.120. The predicted molar refractivity (Wildman–Crippen MR) is 95.1 cm³/mol. The molecule has 0 saturated carbocycles.